The molecule has 11 heavy (non-hydrogen) atoms. The Labute approximate surface area is 68.1 Å². The lowest BCUT2D eigenvalue weighted by atomic mass is 10.3. The molecule has 0 spiro atoms. The van der Waals surface area contributed by atoms with Gasteiger partial charge in [0.15, 0.2) is 5.96 Å². The Morgan fingerprint density at radius 2 is 2.27 bits per heavy atom. The minimum absolute atomic E-state index is 0.251. The van der Waals surface area contributed by atoms with E-state index < -0.39 is 0 Å². The van der Waals surface area contributed by atoms with Crippen LogP contribution in [0.3, 0.4) is 0 Å². The van der Waals surface area contributed by atoms with Gasteiger partial charge in [0, 0.05) is 12.6 Å². The van der Waals surface area contributed by atoms with Crippen LogP contribution < -0.4 is 5.73 Å². The molecule has 0 aromatic rings. The van der Waals surface area contributed by atoms with E-state index in [4.69, 9.17) is 11.1 Å². The molecule has 1 aliphatic carbocycles. The Bertz CT molecular complexity index is 140. The van der Waals surface area contributed by atoms with E-state index in [0.717, 1.165) is 13.0 Å². The summed E-state index contributed by atoms with van der Waals surface area (Å²) in [6.07, 6.45) is 4.78. The molecule has 0 atom stereocenters. The Balaban J connectivity index is 2.26. The fourth-order valence-corrected chi connectivity index (χ4v) is 1.21. The van der Waals surface area contributed by atoms with Crippen LogP contribution in [-0.4, -0.2) is 23.4 Å². The standard InChI is InChI=1S/C8H17N3/c1-2-3-6-11(8(9)10)7-4-5-7/h7H,2-6H2,1H3,(H3,9,10). The zero-order valence-corrected chi connectivity index (χ0v) is 7.14. The Morgan fingerprint density at radius 3 is 2.64 bits per heavy atom. The van der Waals surface area contributed by atoms with Crippen LogP contribution in [0.1, 0.15) is 32.6 Å². The second-order valence-electron chi connectivity index (χ2n) is 3.16. The lowest BCUT2D eigenvalue weighted by molar-refractivity contribution is 0.392. The molecular formula is C8H17N3. The molecule has 0 radical (unpaired) electrons. The average Bonchev–Trinajstić information content (AvgIpc) is 2.71. The number of nitrogens with two attached hydrogens (primary N) is 1. The van der Waals surface area contributed by atoms with Crippen molar-refractivity contribution in [1.29, 1.82) is 5.41 Å². The molecule has 0 aromatic heterocycles. The molecule has 0 unspecified atom stereocenters. The van der Waals surface area contributed by atoms with Gasteiger partial charge in [-0.15, -0.1) is 0 Å². The fraction of sp³-hybridized carbons (Fsp3) is 0.875. The van der Waals surface area contributed by atoms with Gasteiger partial charge in [0.1, 0.15) is 0 Å². The van der Waals surface area contributed by atoms with Crippen LogP contribution in [0.25, 0.3) is 0 Å². The summed E-state index contributed by atoms with van der Waals surface area (Å²) in [5, 5.41) is 7.30. The van der Waals surface area contributed by atoms with Gasteiger partial charge >= 0.3 is 0 Å². The molecule has 0 heterocycles. The van der Waals surface area contributed by atoms with Gasteiger partial charge in [0.25, 0.3) is 0 Å². The normalized spacial score (nSPS) is 16.5. The Hall–Kier alpha value is -0.730. The second-order valence-corrected chi connectivity index (χ2v) is 3.16. The minimum atomic E-state index is 0.251. The first-order valence-corrected chi connectivity index (χ1v) is 4.36. The smallest absolute Gasteiger partial charge is 0.188 e. The maximum absolute atomic E-state index is 7.30. The summed E-state index contributed by atoms with van der Waals surface area (Å²) in [5.74, 6) is 0.251. The van der Waals surface area contributed by atoms with E-state index in [2.05, 4.69) is 6.92 Å². The zero-order valence-electron chi connectivity index (χ0n) is 7.14. The molecule has 64 valence electrons. The molecule has 1 saturated carbocycles. The van der Waals surface area contributed by atoms with Crippen molar-refractivity contribution in [3.63, 3.8) is 0 Å². The molecule has 0 aliphatic heterocycles. The van der Waals surface area contributed by atoms with Crippen molar-refractivity contribution in [3.05, 3.63) is 0 Å². The third kappa shape index (κ3) is 2.41. The van der Waals surface area contributed by atoms with Crippen molar-refractivity contribution in [2.45, 2.75) is 38.6 Å². The number of guanidine groups is 1. The van der Waals surface area contributed by atoms with E-state index >= 15 is 0 Å². The summed E-state index contributed by atoms with van der Waals surface area (Å²) < 4.78 is 0. The van der Waals surface area contributed by atoms with Gasteiger partial charge in [0.2, 0.25) is 0 Å². The third-order valence-electron chi connectivity index (χ3n) is 2.05. The van der Waals surface area contributed by atoms with Gasteiger partial charge in [-0.3, -0.25) is 5.41 Å². The summed E-state index contributed by atoms with van der Waals surface area (Å²) in [6.45, 7) is 3.13. The topological polar surface area (TPSA) is 53.1 Å². The van der Waals surface area contributed by atoms with E-state index in [9.17, 15) is 0 Å². The van der Waals surface area contributed by atoms with Gasteiger partial charge in [0.05, 0.1) is 0 Å². The van der Waals surface area contributed by atoms with Crippen molar-refractivity contribution >= 4 is 5.96 Å². The van der Waals surface area contributed by atoms with Crippen molar-refractivity contribution in [2.75, 3.05) is 6.54 Å². The quantitative estimate of drug-likeness (QED) is 0.472. The van der Waals surface area contributed by atoms with Crippen LogP contribution in [-0.2, 0) is 0 Å². The average molecular weight is 155 g/mol. The Kier molecular flexibility index (Phi) is 2.74. The van der Waals surface area contributed by atoms with E-state index in [1.807, 2.05) is 4.90 Å². The molecular weight excluding hydrogens is 138 g/mol. The molecule has 0 saturated heterocycles. The van der Waals surface area contributed by atoms with Crippen molar-refractivity contribution < 1.29 is 0 Å². The molecule has 1 rings (SSSR count). The fourth-order valence-electron chi connectivity index (χ4n) is 1.21. The summed E-state index contributed by atoms with van der Waals surface area (Å²) in [7, 11) is 0. The van der Waals surface area contributed by atoms with Gasteiger partial charge in [-0.25, -0.2) is 0 Å². The second kappa shape index (κ2) is 3.60. The largest absolute Gasteiger partial charge is 0.370 e. The first kappa shape index (κ1) is 8.37. The number of hydrogen-bond acceptors (Lipinski definition) is 1. The summed E-state index contributed by atoms with van der Waals surface area (Å²) >= 11 is 0. The van der Waals surface area contributed by atoms with Crippen LogP contribution in [0.2, 0.25) is 0 Å². The molecule has 1 fully saturated rings. The maximum atomic E-state index is 7.30. The van der Waals surface area contributed by atoms with Gasteiger partial charge in [-0.1, -0.05) is 13.3 Å². The van der Waals surface area contributed by atoms with Crippen molar-refractivity contribution in [2.24, 2.45) is 5.73 Å². The first-order chi connectivity index (χ1) is 5.25. The maximum Gasteiger partial charge on any atom is 0.188 e. The van der Waals surface area contributed by atoms with Crippen molar-refractivity contribution in [1.82, 2.24) is 4.90 Å². The number of nitrogens with zero attached hydrogens (tertiary/aromatic N) is 1. The molecule has 3 heteroatoms. The predicted molar refractivity (Wildman–Crippen MR) is 46.6 cm³/mol. The minimum Gasteiger partial charge on any atom is -0.370 e. The van der Waals surface area contributed by atoms with Crippen LogP contribution in [0.5, 0.6) is 0 Å². The molecule has 0 aromatic carbocycles. The highest BCUT2D eigenvalue weighted by Crippen LogP contribution is 2.26. The SMILES string of the molecule is CCCCN(C(=N)N)C1CC1. The van der Waals surface area contributed by atoms with E-state index in [0.29, 0.717) is 6.04 Å². The lowest BCUT2D eigenvalue weighted by Gasteiger charge is -2.21. The molecule has 0 bridgehead atoms. The molecule has 3 N–H and O–H groups in total. The number of hydrogen-bond donors (Lipinski definition) is 2. The summed E-state index contributed by atoms with van der Waals surface area (Å²) in [4.78, 5) is 2.02. The highest BCUT2D eigenvalue weighted by atomic mass is 15.3. The van der Waals surface area contributed by atoms with Gasteiger partial charge < -0.3 is 10.6 Å². The zero-order chi connectivity index (χ0) is 8.27. The lowest BCUT2D eigenvalue weighted by Crippen LogP contribution is -2.38. The van der Waals surface area contributed by atoms with Gasteiger partial charge in [-0.05, 0) is 19.3 Å². The van der Waals surface area contributed by atoms with E-state index in [-0.39, 0.29) is 5.96 Å². The van der Waals surface area contributed by atoms with Crippen LogP contribution in [0.15, 0.2) is 0 Å². The molecule has 1 aliphatic rings. The number of unbranched alkanes of at least 4 members (excludes halogenated alkanes) is 1. The predicted octanol–water partition coefficient (Wildman–Crippen LogP) is 1.14. The van der Waals surface area contributed by atoms with E-state index in [1.54, 1.807) is 0 Å². The molecule has 0 amide bonds. The highest BCUT2D eigenvalue weighted by molar-refractivity contribution is 5.75. The summed E-state index contributed by atoms with van der Waals surface area (Å²) in [5.41, 5.74) is 5.43. The Morgan fingerprint density at radius 1 is 1.64 bits per heavy atom. The third-order valence-corrected chi connectivity index (χ3v) is 2.05. The monoisotopic (exact) mass is 155 g/mol. The van der Waals surface area contributed by atoms with Crippen LogP contribution in [0, 0.1) is 5.41 Å². The highest BCUT2D eigenvalue weighted by Gasteiger charge is 2.29. The number of rotatable bonds is 4. The van der Waals surface area contributed by atoms with Gasteiger partial charge in [-0.2, -0.15) is 0 Å². The first-order valence-electron chi connectivity index (χ1n) is 4.36. The summed E-state index contributed by atoms with van der Waals surface area (Å²) in [6, 6.07) is 0.596. The van der Waals surface area contributed by atoms with Crippen LogP contribution in [0.4, 0.5) is 0 Å². The van der Waals surface area contributed by atoms with Crippen LogP contribution >= 0.6 is 0 Å². The van der Waals surface area contributed by atoms with E-state index in [1.165, 1.54) is 19.3 Å². The molecule has 3 nitrogen and oxygen atoms in total. The number of nitrogens with one attached hydrogen (secondary N) is 1. The van der Waals surface area contributed by atoms with Crippen molar-refractivity contribution in [3.8, 4) is 0 Å².